The van der Waals surface area contributed by atoms with Gasteiger partial charge in [-0.1, -0.05) is 19.1 Å². The predicted molar refractivity (Wildman–Crippen MR) is 172 cm³/mol. The van der Waals surface area contributed by atoms with Gasteiger partial charge in [-0.15, -0.1) is 0 Å². The molecular weight excluding hydrogens is 567 g/mol. The van der Waals surface area contributed by atoms with Crippen LogP contribution in [-0.2, 0) is 10.0 Å². The molecule has 2 fully saturated rings. The fourth-order valence-corrected chi connectivity index (χ4v) is 6.80. The first-order valence-corrected chi connectivity index (χ1v) is 16.7. The van der Waals surface area contributed by atoms with Crippen LogP contribution in [-0.4, -0.2) is 74.3 Å². The van der Waals surface area contributed by atoms with Crippen LogP contribution >= 0.6 is 0 Å². The lowest BCUT2D eigenvalue weighted by Gasteiger charge is -2.47. The summed E-state index contributed by atoms with van der Waals surface area (Å²) in [7, 11) is -1.97. The molecule has 0 aliphatic carbocycles. The number of likely N-dealkylation sites (tertiary alicyclic amines) is 1. The third-order valence-electron chi connectivity index (χ3n) is 9.14. The summed E-state index contributed by atoms with van der Waals surface area (Å²) in [5, 5.41) is 7.15. The number of halogens is 1. The molecule has 1 spiro atoms. The molecule has 2 aliphatic rings. The normalized spacial score (nSPS) is 17.3. The highest BCUT2D eigenvalue weighted by Crippen LogP contribution is 2.42. The summed E-state index contributed by atoms with van der Waals surface area (Å²) in [5.74, 6) is 0.475. The van der Waals surface area contributed by atoms with Crippen molar-refractivity contribution < 1.29 is 12.8 Å². The number of nitrogens with one attached hydrogen (secondary N) is 3. The van der Waals surface area contributed by atoms with Crippen LogP contribution in [0, 0.1) is 11.2 Å². The summed E-state index contributed by atoms with van der Waals surface area (Å²) in [6, 6.07) is 14.1. The predicted octanol–water partition coefficient (Wildman–Crippen LogP) is 5.68. The molecule has 43 heavy (non-hydrogen) atoms. The van der Waals surface area contributed by atoms with E-state index in [4.69, 9.17) is 0 Å². The van der Waals surface area contributed by atoms with Gasteiger partial charge in [0.15, 0.2) is 0 Å². The van der Waals surface area contributed by atoms with Crippen LogP contribution in [0.3, 0.4) is 0 Å². The molecule has 4 heterocycles. The molecule has 6 rings (SSSR count). The average Bonchev–Trinajstić information content (AvgIpc) is 3.47. The van der Waals surface area contributed by atoms with Crippen LogP contribution in [0.5, 0.6) is 0 Å². The van der Waals surface area contributed by atoms with Gasteiger partial charge in [-0.3, -0.25) is 4.31 Å². The lowest BCUT2D eigenvalue weighted by molar-refractivity contribution is 0.0830. The molecule has 2 aliphatic heterocycles. The van der Waals surface area contributed by atoms with E-state index >= 15 is 4.39 Å². The van der Waals surface area contributed by atoms with Crippen molar-refractivity contribution in [3.05, 3.63) is 60.5 Å². The first kappa shape index (κ1) is 29.2. The summed E-state index contributed by atoms with van der Waals surface area (Å²) in [4.78, 5) is 17.0. The second kappa shape index (κ2) is 11.6. The van der Waals surface area contributed by atoms with Crippen molar-refractivity contribution in [3.63, 3.8) is 0 Å². The van der Waals surface area contributed by atoms with Crippen LogP contribution < -0.4 is 19.8 Å². The van der Waals surface area contributed by atoms with Gasteiger partial charge in [0.25, 0.3) is 0 Å². The summed E-state index contributed by atoms with van der Waals surface area (Å²) in [5.41, 5.74) is 3.20. The Bertz CT molecular complexity index is 1710. The lowest BCUT2D eigenvalue weighted by Crippen LogP contribution is -2.47. The van der Waals surface area contributed by atoms with E-state index in [1.54, 1.807) is 24.4 Å². The Kier molecular flexibility index (Phi) is 7.91. The third-order valence-corrected chi connectivity index (χ3v) is 10.3. The van der Waals surface area contributed by atoms with E-state index < -0.39 is 10.0 Å². The monoisotopic (exact) mass is 606 g/mol. The third kappa shape index (κ3) is 6.12. The van der Waals surface area contributed by atoms with Gasteiger partial charge in [-0.25, -0.2) is 12.8 Å². The second-order valence-corrected chi connectivity index (χ2v) is 13.7. The Balaban J connectivity index is 1.19. The van der Waals surface area contributed by atoms with Crippen molar-refractivity contribution in [1.82, 2.24) is 19.9 Å². The maximum absolute atomic E-state index is 15.5. The summed E-state index contributed by atoms with van der Waals surface area (Å²) in [6.07, 6.45) is 7.60. The standard InChI is InChI=1S/C31H39FN8O2S/c1-4-39-17-12-31(13-18-39)14-19-40(20-15-31)26-10-9-22(21-24(26)32)34-30-36-28-23(11-16-33-28)29(37-30)35-25-7-5-6-8-27(25)38(2)43(3,41)42/h5-11,16,21H,4,12-15,17-20H2,1-3H3,(H3,33,34,35,36,37). The van der Waals surface area contributed by atoms with Crippen molar-refractivity contribution in [1.29, 1.82) is 0 Å². The topological polar surface area (TPSA) is 109 Å². The number of nitrogens with zero attached hydrogens (tertiary/aromatic N) is 5. The van der Waals surface area contributed by atoms with Crippen molar-refractivity contribution in [3.8, 4) is 0 Å². The van der Waals surface area contributed by atoms with Gasteiger partial charge in [0, 0.05) is 32.0 Å². The molecule has 0 atom stereocenters. The number of sulfonamides is 1. The zero-order valence-electron chi connectivity index (χ0n) is 24.9. The fourth-order valence-electron chi connectivity index (χ4n) is 6.29. The molecular formula is C31H39FN8O2S. The zero-order chi connectivity index (χ0) is 30.2. The minimum Gasteiger partial charge on any atom is -0.369 e. The quantitative estimate of drug-likeness (QED) is 0.235. The molecule has 0 amide bonds. The first-order valence-electron chi connectivity index (χ1n) is 14.8. The highest BCUT2D eigenvalue weighted by molar-refractivity contribution is 7.92. The van der Waals surface area contributed by atoms with Gasteiger partial charge in [-0.2, -0.15) is 9.97 Å². The number of hydrogen-bond donors (Lipinski definition) is 3. The van der Waals surface area contributed by atoms with Crippen LogP contribution in [0.2, 0.25) is 0 Å². The minimum absolute atomic E-state index is 0.275. The zero-order valence-corrected chi connectivity index (χ0v) is 25.7. The van der Waals surface area contributed by atoms with Gasteiger partial charge >= 0.3 is 0 Å². The van der Waals surface area contributed by atoms with Crippen molar-refractivity contribution in [2.24, 2.45) is 5.41 Å². The SMILES string of the molecule is CCN1CCC2(CC1)CCN(c1ccc(Nc3nc(Nc4ccccc4N(C)S(C)(=O)=O)c4cc[nH]c4n3)cc1F)CC2. The van der Waals surface area contributed by atoms with Crippen molar-refractivity contribution in [2.75, 3.05) is 65.9 Å². The first-order chi connectivity index (χ1) is 20.6. The van der Waals surface area contributed by atoms with E-state index in [1.807, 2.05) is 24.3 Å². The van der Waals surface area contributed by atoms with Crippen LogP contribution in [0.1, 0.15) is 32.6 Å². The van der Waals surface area contributed by atoms with E-state index in [1.165, 1.54) is 43.4 Å². The number of anilines is 6. The highest BCUT2D eigenvalue weighted by Gasteiger charge is 2.37. The second-order valence-electron chi connectivity index (χ2n) is 11.7. The Labute approximate surface area is 252 Å². The minimum atomic E-state index is -3.48. The number of H-pyrrole nitrogens is 1. The van der Waals surface area contributed by atoms with E-state index in [-0.39, 0.29) is 11.8 Å². The number of aromatic amines is 1. The number of para-hydroxylation sites is 2. The molecule has 3 N–H and O–H groups in total. The van der Waals surface area contributed by atoms with Gasteiger partial charge in [0.05, 0.1) is 28.7 Å². The Morgan fingerprint density at radius 2 is 1.72 bits per heavy atom. The van der Waals surface area contributed by atoms with E-state index in [0.29, 0.717) is 39.6 Å². The van der Waals surface area contributed by atoms with Crippen LogP contribution in [0.4, 0.5) is 38.9 Å². The molecule has 0 saturated carbocycles. The van der Waals surface area contributed by atoms with Crippen LogP contribution in [0.25, 0.3) is 11.0 Å². The largest absolute Gasteiger partial charge is 0.369 e. The molecule has 2 saturated heterocycles. The number of piperidine rings is 2. The van der Waals surface area contributed by atoms with Crippen molar-refractivity contribution in [2.45, 2.75) is 32.6 Å². The van der Waals surface area contributed by atoms with E-state index in [9.17, 15) is 8.42 Å². The highest BCUT2D eigenvalue weighted by atomic mass is 32.2. The average molecular weight is 607 g/mol. The number of aromatic nitrogens is 3. The molecule has 12 heteroatoms. The number of hydrogen-bond acceptors (Lipinski definition) is 8. The summed E-state index contributed by atoms with van der Waals surface area (Å²) in [6.45, 7) is 7.42. The smallest absolute Gasteiger partial charge is 0.232 e. The Hall–Kier alpha value is -3.90. The van der Waals surface area contributed by atoms with Crippen LogP contribution in [0.15, 0.2) is 54.7 Å². The molecule has 10 nitrogen and oxygen atoms in total. The maximum Gasteiger partial charge on any atom is 0.232 e. The summed E-state index contributed by atoms with van der Waals surface area (Å²) < 4.78 is 41.1. The maximum atomic E-state index is 15.5. The van der Waals surface area contributed by atoms with Gasteiger partial charge in [-0.05, 0) is 87.1 Å². The number of fused-ring (bicyclic) bond motifs is 1. The Morgan fingerprint density at radius 1 is 1.00 bits per heavy atom. The summed E-state index contributed by atoms with van der Waals surface area (Å²) >= 11 is 0. The van der Waals surface area contributed by atoms with Crippen molar-refractivity contribution >= 4 is 55.6 Å². The molecule has 0 radical (unpaired) electrons. The molecule has 0 unspecified atom stereocenters. The van der Waals surface area contributed by atoms with E-state index in [2.05, 4.69) is 42.3 Å². The van der Waals surface area contributed by atoms with Gasteiger partial charge in [0.2, 0.25) is 16.0 Å². The molecule has 0 bridgehead atoms. The van der Waals surface area contributed by atoms with Gasteiger partial charge in [0.1, 0.15) is 17.3 Å². The molecule has 4 aromatic rings. The number of benzene rings is 2. The Morgan fingerprint density at radius 3 is 2.42 bits per heavy atom. The fraction of sp³-hybridized carbons (Fsp3) is 0.419. The molecule has 2 aromatic carbocycles. The lowest BCUT2D eigenvalue weighted by atomic mass is 9.71. The number of rotatable bonds is 8. The van der Waals surface area contributed by atoms with Gasteiger partial charge < -0.3 is 25.4 Å². The molecule has 2 aromatic heterocycles. The molecule has 228 valence electrons. The van der Waals surface area contributed by atoms with E-state index in [0.717, 1.165) is 44.1 Å².